The third-order valence-electron chi connectivity index (χ3n) is 3.00. The summed E-state index contributed by atoms with van der Waals surface area (Å²) in [7, 11) is 0. The van der Waals surface area contributed by atoms with Crippen molar-refractivity contribution >= 4 is 55.0 Å². The van der Waals surface area contributed by atoms with E-state index in [1.54, 1.807) is 24.3 Å². The Balaban J connectivity index is 1.93. The summed E-state index contributed by atoms with van der Waals surface area (Å²) in [6.07, 6.45) is 0. The van der Waals surface area contributed by atoms with E-state index in [0.29, 0.717) is 17.1 Å². The largest absolute Gasteiger partial charge is 0.484 e. The van der Waals surface area contributed by atoms with Crippen molar-refractivity contribution in [1.29, 1.82) is 0 Å². The van der Waals surface area contributed by atoms with Crippen LogP contribution in [0.1, 0.15) is 12.5 Å². The monoisotopic (exact) mass is 454 g/mol. The van der Waals surface area contributed by atoms with Gasteiger partial charge in [-0.15, -0.1) is 0 Å². The fourth-order valence-corrected chi connectivity index (χ4v) is 3.60. The maximum Gasteiger partial charge on any atom is 0.262 e. The highest BCUT2D eigenvalue weighted by Crippen LogP contribution is 2.32. The highest BCUT2D eigenvalue weighted by molar-refractivity contribution is 9.11. The standard InChI is InChI=1S/C17H16Br2N2O3/c1-10-7-14(18)17(15(19)8-10)21-16(23)9-24-13-5-3-12(4-6-13)20-11(2)22/h3-8H,9H2,1-2H3,(H,20,22)(H,21,23). The number of ether oxygens (including phenoxy) is 1. The summed E-state index contributed by atoms with van der Waals surface area (Å²) in [6, 6.07) is 10.6. The van der Waals surface area contributed by atoms with Gasteiger partial charge in [-0.3, -0.25) is 9.59 Å². The van der Waals surface area contributed by atoms with Crippen LogP contribution in [0, 0.1) is 6.92 Å². The topological polar surface area (TPSA) is 67.4 Å². The average Bonchev–Trinajstić information content (AvgIpc) is 2.49. The number of hydrogen-bond donors (Lipinski definition) is 2. The number of carbonyl (C=O) groups excluding carboxylic acids is 2. The van der Waals surface area contributed by atoms with E-state index in [0.717, 1.165) is 14.5 Å². The number of nitrogens with one attached hydrogen (secondary N) is 2. The van der Waals surface area contributed by atoms with E-state index in [1.165, 1.54) is 6.92 Å². The van der Waals surface area contributed by atoms with E-state index in [4.69, 9.17) is 4.74 Å². The molecule has 2 aromatic carbocycles. The predicted octanol–water partition coefficient (Wildman–Crippen LogP) is 4.50. The van der Waals surface area contributed by atoms with E-state index in [2.05, 4.69) is 42.5 Å². The Morgan fingerprint density at radius 1 is 1.04 bits per heavy atom. The molecule has 0 aliphatic heterocycles. The van der Waals surface area contributed by atoms with Crippen LogP contribution in [0.3, 0.4) is 0 Å². The van der Waals surface area contributed by atoms with Crippen LogP contribution in [0.5, 0.6) is 5.75 Å². The second-order valence-electron chi connectivity index (χ2n) is 5.15. The number of carbonyl (C=O) groups is 2. The minimum Gasteiger partial charge on any atom is -0.484 e. The molecule has 0 saturated carbocycles. The lowest BCUT2D eigenvalue weighted by molar-refractivity contribution is -0.118. The Labute approximate surface area is 157 Å². The molecule has 126 valence electrons. The number of anilines is 2. The van der Waals surface area contributed by atoms with Gasteiger partial charge >= 0.3 is 0 Å². The summed E-state index contributed by atoms with van der Waals surface area (Å²) in [5, 5.41) is 5.46. The fraction of sp³-hybridized carbons (Fsp3) is 0.176. The summed E-state index contributed by atoms with van der Waals surface area (Å²) >= 11 is 6.86. The molecule has 0 fully saturated rings. The first-order valence-corrected chi connectivity index (χ1v) is 8.69. The molecule has 2 amide bonds. The summed E-state index contributed by atoms with van der Waals surface area (Å²) in [5.74, 6) is 0.129. The van der Waals surface area contributed by atoms with E-state index in [9.17, 15) is 9.59 Å². The molecule has 5 nitrogen and oxygen atoms in total. The average molecular weight is 456 g/mol. The molecule has 2 aromatic rings. The molecular formula is C17H16Br2N2O3. The van der Waals surface area contributed by atoms with Crippen molar-refractivity contribution < 1.29 is 14.3 Å². The number of amides is 2. The molecule has 0 atom stereocenters. The highest BCUT2D eigenvalue weighted by atomic mass is 79.9. The van der Waals surface area contributed by atoms with Crippen molar-refractivity contribution in [3.63, 3.8) is 0 Å². The van der Waals surface area contributed by atoms with Gasteiger partial charge < -0.3 is 15.4 Å². The third-order valence-corrected chi connectivity index (χ3v) is 4.25. The van der Waals surface area contributed by atoms with Crippen LogP contribution in [-0.4, -0.2) is 18.4 Å². The van der Waals surface area contributed by atoms with Crippen LogP contribution in [0.15, 0.2) is 45.3 Å². The second kappa shape index (κ2) is 8.30. The molecule has 7 heteroatoms. The Hall–Kier alpha value is -1.86. The summed E-state index contributed by atoms with van der Waals surface area (Å²) in [4.78, 5) is 23.0. The van der Waals surface area contributed by atoms with Crippen LogP contribution < -0.4 is 15.4 Å². The molecule has 0 spiro atoms. The molecule has 24 heavy (non-hydrogen) atoms. The lowest BCUT2D eigenvalue weighted by Crippen LogP contribution is -2.20. The molecule has 2 N–H and O–H groups in total. The summed E-state index contributed by atoms with van der Waals surface area (Å²) in [6.45, 7) is 3.29. The molecule has 0 radical (unpaired) electrons. The Kier molecular flexibility index (Phi) is 6.39. The molecule has 0 unspecified atom stereocenters. The van der Waals surface area contributed by atoms with E-state index in [1.807, 2.05) is 19.1 Å². The quantitative estimate of drug-likeness (QED) is 0.697. The van der Waals surface area contributed by atoms with Crippen molar-refractivity contribution in [2.45, 2.75) is 13.8 Å². The first-order chi connectivity index (χ1) is 11.3. The van der Waals surface area contributed by atoms with Gasteiger partial charge in [0.2, 0.25) is 5.91 Å². The van der Waals surface area contributed by atoms with Crippen LogP contribution >= 0.6 is 31.9 Å². The van der Waals surface area contributed by atoms with Crippen molar-refractivity contribution in [3.05, 3.63) is 50.9 Å². The lowest BCUT2D eigenvalue weighted by Gasteiger charge is -2.12. The predicted molar refractivity (Wildman–Crippen MR) is 101 cm³/mol. The minimum absolute atomic E-state index is 0.119. The molecule has 0 bridgehead atoms. The Morgan fingerprint density at radius 3 is 2.17 bits per heavy atom. The molecule has 2 rings (SSSR count). The van der Waals surface area contributed by atoms with Crippen molar-refractivity contribution in [2.24, 2.45) is 0 Å². The van der Waals surface area contributed by atoms with Gasteiger partial charge in [0.1, 0.15) is 5.75 Å². The van der Waals surface area contributed by atoms with Gasteiger partial charge in [0, 0.05) is 21.6 Å². The van der Waals surface area contributed by atoms with Crippen molar-refractivity contribution in [1.82, 2.24) is 0 Å². The number of hydrogen-bond acceptors (Lipinski definition) is 3. The molecule has 0 saturated heterocycles. The third kappa shape index (κ3) is 5.35. The van der Waals surface area contributed by atoms with Crippen LogP contribution in [0.2, 0.25) is 0 Å². The molecule has 0 heterocycles. The van der Waals surface area contributed by atoms with Crippen LogP contribution in [0.4, 0.5) is 11.4 Å². The van der Waals surface area contributed by atoms with Gasteiger partial charge in [0.05, 0.1) is 5.69 Å². The van der Waals surface area contributed by atoms with Crippen molar-refractivity contribution in [3.8, 4) is 5.75 Å². The molecule has 0 aromatic heterocycles. The van der Waals surface area contributed by atoms with Crippen LogP contribution in [-0.2, 0) is 9.59 Å². The Bertz CT molecular complexity index is 738. The maximum atomic E-state index is 12.1. The SMILES string of the molecule is CC(=O)Nc1ccc(OCC(=O)Nc2c(Br)cc(C)cc2Br)cc1. The van der Waals surface area contributed by atoms with Gasteiger partial charge in [-0.1, -0.05) is 0 Å². The first kappa shape index (κ1) is 18.5. The summed E-state index contributed by atoms with van der Waals surface area (Å²) in [5.41, 5.74) is 2.41. The first-order valence-electron chi connectivity index (χ1n) is 7.11. The number of benzene rings is 2. The maximum absolute atomic E-state index is 12.1. The fourth-order valence-electron chi connectivity index (χ4n) is 1.98. The van der Waals surface area contributed by atoms with Crippen molar-refractivity contribution in [2.75, 3.05) is 17.2 Å². The second-order valence-corrected chi connectivity index (χ2v) is 6.85. The zero-order chi connectivity index (χ0) is 17.7. The zero-order valence-corrected chi connectivity index (χ0v) is 16.3. The van der Waals surface area contributed by atoms with Gasteiger partial charge in [-0.25, -0.2) is 0 Å². The van der Waals surface area contributed by atoms with Crippen LogP contribution in [0.25, 0.3) is 0 Å². The van der Waals surface area contributed by atoms with Gasteiger partial charge in [0.25, 0.3) is 5.91 Å². The van der Waals surface area contributed by atoms with Gasteiger partial charge in [-0.05, 0) is 80.7 Å². The highest BCUT2D eigenvalue weighted by Gasteiger charge is 2.11. The summed E-state index contributed by atoms with van der Waals surface area (Å²) < 4.78 is 7.04. The minimum atomic E-state index is -0.272. The smallest absolute Gasteiger partial charge is 0.262 e. The lowest BCUT2D eigenvalue weighted by atomic mass is 10.2. The number of aryl methyl sites for hydroxylation is 1. The van der Waals surface area contributed by atoms with E-state index < -0.39 is 0 Å². The van der Waals surface area contributed by atoms with Gasteiger partial charge in [-0.2, -0.15) is 0 Å². The molecule has 0 aliphatic carbocycles. The Morgan fingerprint density at radius 2 is 1.62 bits per heavy atom. The van der Waals surface area contributed by atoms with E-state index >= 15 is 0 Å². The molecular weight excluding hydrogens is 440 g/mol. The van der Waals surface area contributed by atoms with Gasteiger partial charge in [0.15, 0.2) is 6.61 Å². The molecule has 0 aliphatic rings. The van der Waals surface area contributed by atoms with E-state index in [-0.39, 0.29) is 18.4 Å². The zero-order valence-electron chi connectivity index (χ0n) is 13.2. The normalized spacial score (nSPS) is 10.2. The number of halogens is 2. The number of rotatable bonds is 5.